The van der Waals surface area contributed by atoms with Crippen LogP contribution in [0, 0.1) is 13.8 Å². The van der Waals surface area contributed by atoms with Crippen LogP contribution in [-0.4, -0.2) is 33.9 Å². The van der Waals surface area contributed by atoms with Gasteiger partial charge in [0, 0.05) is 30.4 Å². The minimum atomic E-state index is -0.101. The van der Waals surface area contributed by atoms with Crippen LogP contribution in [0.2, 0.25) is 0 Å². The van der Waals surface area contributed by atoms with Crippen molar-refractivity contribution in [3.05, 3.63) is 29.1 Å². The highest BCUT2D eigenvalue weighted by Gasteiger charge is 2.17. The van der Waals surface area contributed by atoms with Crippen LogP contribution >= 0.6 is 11.3 Å². The van der Waals surface area contributed by atoms with Gasteiger partial charge in [-0.15, -0.1) is 0 Å². The second-order valence-electron chi connectivity index (χ2n) is 5.98. The molecule has 0 aliphatic carbocycles. The number of ether oxygens (including phenoxy) is 2. The molecule has 2 aromatic heterocycles. The Morgan fingerprint density at radius 2 is 2.00 bits per heavy atom. The van der Waals surface area contributed by atoms with E-state index >= 15 is 0 Å². The summed E-state index contributed by atoms with van der Waals surface area (Å²) >= 11 is 1.42. The monoisotopic (exact) mass is 358 g/mol. The molecule has 0 atom stereocenters. The molecular weight excluding hydrogens is 340 g/mol. The first-order valence-electron chi connectivity index (χ1n) is 8.00. The van der Waals surface area contributed by atoms with Gasteiger partial charge in [0.25, 0.3) is 0 Å². The Labute approximate surface area is 148 Å². The van der Waals surface area contributed by atoms with Gasteiger partial charge in [0.05, 0.1) is 22.3 Å². The summed E-state index contributed by atoms with van der Waals surface area (Å²) in [7, 11) is 1.88. The Hall–Kier alpha value is -2.61. The SMILES string of the molecule is Cc1nn(C)c(C)c1CC(=O)Nc1nc2cc3c(cc2s1)OCCO3. The highest BCUT2D eigenvalue weighted by Crippen LogP contribution is 2.37. The minimum Gasteiger partial charge on any atom is -0.486 e. The second kappa shape index (κ2) is 6.03. The first-order valence-corrected chi connectivity index (χ1v) is 8.82. The highest BCUT2D eigenvalue weighted by molar-refractivity contribution is 7.22. The van der Waals surface area contributed by atoms with Crippen molar-refractivity contribution in [2.75, 3.05) is 18.5 Å². The lowest BCUT2D eigenvalue weighted by Crippen LogP contribution is -2.15. The largest absolute Gasteiger partial charge is 0.486 e. The quantitative estimate of drug-likeness (QED) is 0.779. The molecule has 1 aliphatic heterocycles. The normalized spacial score (nSPS) is 13.2. The van der Waals surface area contributed by atoms with E-state index in [0.717, 1.165) is 32.9 Å². The Kier molecular flexibility index (Phi) is 3.84. The number of carbonyl (C=O) groups is 1. The van der Waals surface area contributed by atoms with Crippen molar-refractivity contribution in [3.63, 3.8) is 0 Å². The number of hydrogen-bond acceptors (Lipinski definition) is 6. The van der Waals surface area contributed by atoms with Gasteiger partial charge >= 0.3 is 0 Å². The zero-order valence-corrected chi connectivity index (χ0v) is 15.1. The minimum absolute atomic E-state index is 0.101. The number of amides is 1. The van der Waals surface area contributed by atoms with Gasteiger partial charge in [0.1, 0.15) is 13.2 Å². The summed E-state index contributed by atoms with van der Waals surface area (Å²) in [5.41, 5.74) is 3.62. The highest BCUT2D eigenvalue weighted by atomic mass is 32.1. The number of nitrogens with zero attached hydrogens (tertiary/aromatic N) is 3. The average molecular weight is 358 g/mol. The van der Waals surface area contributed by atoms with Crippen LogP contribution in [0.3, 0.4) is 0 Å². The molecule has 4 rings (SSSR count). The number of anilines is 1. The van der Waals surface area contributed by atoms with E-state index in [1.807, 2.05) is 33.0 Å². The summed E-state index contributed by atoms with van der Waals surface area (Å²) in [6, 6.07) is 3.76. The maximum atomic E-state index is 12.4. The summed E-state index contributed by atoms with van der Waals surface area (Å²) in [5.74, 6) is 1.32. The number of aromatic nitrogens is 3. The van der Waals surface area contributed by atoms with E-state index in [1.54, 1.807) is 4.68 Å². The maximum Gasteiger partial charge on any atom is 0.230 e. The van der Waals surface area contributed by atoms with Gasteiger partial charge in [0.15, 0.2) is 16.6 Å². The Morgan fingerprint density at radius 3 is 2.68 bits per heavy atom. The molecule has 0 radical (unpaired) electrons. The molecule has 0 bridgehead atoms. The molecule has 130 valence electrons. The fourth-order valence-electron chi connectivity index (χ4n) is 2.92. The lowest BCUT2D eigenvalue weighted by Gasteiger charge is -2.17. The van der Waals surface area contributed by atoms with Crippen molar-refractivity contribution in [2.45, 2.75) is 20.3 Å². The topological polar surface area (TPSA) is 78.3 Å². The van der Waals surface area contributed by atoms with E-state index in [-0.39, 0.29) is 12.3 Å². The van der Waals surface area contributed by atoms with Gasteiger partial charge in [-0.1, -0.05) is 11.3 Å². The predicted molar refractivity (Wildman–Crippen MR) is 95.6 cm³/mol. The Morgan fingerprint density at radius 1 is 1.28 bits per heavy atom. The fraction of sp³-hybridized carbons (Fsp3) is 0.353. The number of rotatable bonds is 3. The predicted octanol–water partition coefficient (Wildman–Crippen LogP) is 2.60. The molecule has 0 saturated carbocycles. The van der Waals surface area contributed by atoms with Crippen molar-refractivity contribution >= 4 is 32.6 Å². The molecule has 8 heteroatoms. The molecule has 0 fully saturated rings. The molecule has 1 amide bonds. The first-order chi connectivity index (χ1) is 12.0. The Bertz CT molecular complexity index is 933. The molecule has 7 nitrogen and oxygen atoms in total. The molecule has 3 heterocycles. The average Bonchev–Trinajstić information content (AvgIpc) is 3.07. The van der Waals surface area contributed by atoms with Crippen LogP contribution in [0.15, 0.2) is 12.1 Å². The third-order valence-corrected chi connectivity index (χ3v) is 5.23. The van der Waals surface area contributed by atoms with Crippen LogP contribution in [-0.2, 0) is 18.3 Å². The van der Waals surface area contributed by atoms with Crippen molar-refractivity contribution < 1.29 is 14.3 Å². The van der Waals surface area contributed by atoms with Crippen LogP contribution in [0.1, 0.15) is 17.0 Å². The second-order valence-corrected chi connectivity index (χ2v) is 7.01. The van der Waals surface area contributed by atoms with Gasteiger partial charge in [-0.25, -0.2) is 4.98 Å². The summed E-state index contributed by atoms with van der Waals surface area (Å²) in [4.78, 5) is 16.9. The van der Waals surface area contributed by atoms with E-state index in [0.29, 0.717) is 24.1 Å². The number of nitrogens with one attached hydrogen (secondary N) is 1. The lowest BCUT2D eigenvalue weighted by molar-refractivity contribution is -0.115. The summed E-state index contributed by atoms with van der Waals surface area (Å²) in [6.45, 7) is 4.96. The molecule has 0 spiro atoms. The molecule has 1 aliphatic rings. The smallest absolute Gasteiger partial charge is 0.230 e. The van der Waals surface area contributed by atoms with Crippen molar-refractivity contribution in [3.8, 4) is 11.5 Å². The van der Waals surface area contributed by atoms with Gasteiger partial charge in [0.2, 0.25) is 5.91 Å². The van der Waals surface area contributed by atoms with E-state index in [4.69, 9.17) is 9.47 Å². The van der Waals surface area contributed by atoms with E-state index in [9.17, 15) is 4.79 Å². The molecular formula is C17H18N4O3S. The third-order valence-electron chi connectivity index (χ3n) is 4.29. The van der Waals surface area contributed by atoms with E-state index in [1.165, 1.54) is 11.3 Å². The van der Waals surface area contributed by atoms with Crippen molar-refractivity contribution in [2.24, 2.45) is 7.05 Å². The van der Waals surface area contributed by atoms with Crippen LogP contribution < -0.4 is 14.8 Å². The van der Waals surface area contributed by atoms with E-state index < -0.39 is 0 Å². The number of carbonyl (C=O) groups excluding carboxylic acids is 1. The van der Waals surface area contributed by atoms with Gasteiger partial charge in [-0.3, -0.25) is 9.48 Å². The van der Waals surface area contributed by atoms with Gasteiger partial charge in [-0.05, 0) is 13.8 Å². The molecule has 0 unspecified atom stereocenters. The molecule has 1 aromatic carbocycles. The standard InChI is InChI=1S/C17H18N4O3S/c1-9-11(10(2)21(3)20-9)6-16(22)19-17-18-12-7-13-14(8-15(12)25-17)24-5-4-23-13/h7-8H,4-6H2,1-3H3,(H,18,19,22). The molecule has 0 saturated heterocycles. The number of hydrogen-bond donors (Lipinski definition) is 1. The van der Waals surface area contributed by atoms with Gasteiger partial charge in [-0.2, -0.15) is 5.10 Å². The molecule has 1 N–H and O–H groups in total. The van der Waals surface area contributed by atoms with Crippen LogP contribution in [0.5, 0.6) is 11.5 Å². The summed E-state index contributed by atoms with van der Waals surface area (Å²) < 4.78 is 13.9. The van der Waals surface area contributed by atoms with Crippen LogP contribution in [0.4, 0.5) is 5.13 Å². The molecule has 3 aromatic rings. The van der Waals surface area contributed by atoms with Gasteiger partial charge < -0.3 is 14.8 Å². The summed E-state index contributed by atoms with van der Waals surface area (Å²) in [6.07, 6.45) is 0.282. The first kappa shape index (κ1) is 15.9. The van der Waals surface area contributed by atoms with Crippen molar-refractivity contribution in [1.82, 2.24) is 14.8 Å². The van der Waals surface area contributed by atoms with E-state index in [2.05, 4.69) is 15.4 Å². The number of benzene rings is 1. The number of fused-ring (bicyclic) bond motifs is 2. The lowest BCUT2D eigenvalue weighted by atomic mass is 10.1. The zero-order chi connectivity index (χ0) is 17.6. The number of thiazole rings is 1. The van der Waals surface area contributed by atoms with Crippen LogP contribution in [0.25, 0.3) is 10.2 Å². The third kappa shape index (κ3) is 2.93. The molecule has 25 heavy (non-hydrogen) atoms. The number of aryl methyl sites for hydroxylation is 2. The Balaban J connectivity index is 1.55. The maximum absolute atomic E-state index is 12.4. The van der Waals surface area contributed by atoms with Crippen molar-refractivity contribution in [1.29, 1.82) is 0 Å². The summed E-state index contributed by atoms with van der Waals surface area (Å²) in [5, 5.41) is 7.80. The fourth-order valence-corrected chi connectivity index (χ4v) is 3.81. The zero-order valence-electron chi connectivity index (χ0n) is 14.3.